The van der Waals surface area contributed by atoms with Crippen LogP contribution in [0.15, 0.2) is 46.3 Å². The smallest absolute Gasteiger partial charge is 0.256 e. The summed E-state index contributed by atoms with van der Waals surface area (Å²) in [7, 11) is 0. The number of ether oxygens (including phenoxy) is 1. The minimum atomic E-state index is -0.570. The van der Waals surface area contributed by atoms with Gasteiger partial charge in [-0.05, 0) is 31.0 Å². The van der Waals surface area contributed by atoms with Crippen LogP contribution in [0, 0.1) is 5.82 Å². The minimum Gasteiger partial charge on any atom is -0.451 e. The number of rotatable bonds is 6. The van der Waals surface area contributed by atoms with Crippen LogP contribution in [-0.4, -0.2) is 67.0 Å². The molecule has 3 aliphatic rings. The van der Waals surface area contributed by atoms with Crippen LogP contribution in [0.25, 0.3) is 16.6 Å². The number of hydrogen-bond donors (Lipinski definition) is 2. The summed E-state index contributed by atoms with van der Waals surface area (Å²) in [4.78, 5) is 34.7. The number of amides is 1. The zero-order valence-electron chi connectivity index (χ0n) is 19.7. The zero-order chi connectivity index (χ0) is 24.8. The van der Waals surface area contributed by atoms with Crippen LogP contribution in [0.4, 0.5) is 10.1 Å². The quantitative estimate of drug-likeness (QED) is 0.402. The fraction of sp³-hybridized carbons (Fsp3) is 0.346. The summed E-state index contributed by atoms with van der Waals surface area (Å²) in [5, 5.41) is 2.94. The Kier molecular flexibility index (Phi) is 5.60. The highest BCUT2D eigenvalue weighted by molar-refractivity contribution is 6.01. The third kappa shape index (κ3) is 3.78. The Morgan fingerprint density at radius 2 is 2.14 bits per heavy atom. The molecule has 0 aliphatic carbocycles. The number of para-hydroxylation sites is 2. The molecule has 2 aromatic carbocycles. The summed E-state index contributed by atoms with van der Waals surface area (Å²) in [6.45, 7) is 3.94. The Bertz CT molecular complexity index is 1450. The van der Waals surface area contributed by atoms with Gasteiger partial charge in [0.2, 0.25) is 5.43 Å². The van der Waals surface area contributed by atoms with E-state index in [-0.39, 0.29) is 22.7 Å². The van der Waals surface area contributed by atoms with Gasteiger partial charge in [0.05, 0.1) is 24.0 Å². The molecule has 1 fully saturated rings. The van der Waals surface area contributed by atoms with Crippen molar-refractivity contribution in [2.24, 2.45) is 10.7 Å². The van der Waals surface area contributed by atoms with E-state index in [0.29, 0.717) is 42.3 Å². The van der Waals surface area contributed by atoms with Crippen molar-refractivity contribution in [3.05, 3.63) is 58.1 Å². The van der Waals surface area contributed by atoms with E-state index < -0.39 is 17.2 Å². The van der Waals surface area contributed by atoms with Gasteiger partial charge in [-0.25, -0.2) is 4.39 Å². The normalized spacial score (nSPS) is 18.0. The first-order chi connectivity index (χ1) is 17.5. The fourth-order valence-corrected chi connectivity index (χ4v) is 5.17. The summed E-state index contributed by atoms with van der Waals surface area (Å²) in [6.07, 6.45) is 4.81. The van der Waals surface area contributed by atoms with Crippen LogP contribution >= 0.6 is 0 Å². The highest BCUT2D eigenvalue weighted by atomic mass is 19.1. The lowest BCUT2D eigenvalue weighted by molar-refractivity contribution is 0.0951. The molecule has 3 aromatic rings. The van der Waals surface area contributed by atoms with E-state index >= 15 is 4.39 Å². The fourth-order valence-electron chi connectivity index (χ4n) is 5.17. The van der Waals surface area contributed by atoms with Crippen molar-refractivity contribution < 1.29 is 13.9 Å². The predicted molar refractivity (Wildman–Crippen MR) is 136 cm³/mol. The molecule has 186 valence electrons. The maximum absolute atomic E-state index is 15.6. The van der Waals surface area contributed by atoms with Gasteiger partial charge in [0.25, 0.3) is 5.91 Å². The largest absolute Gasteiger partial charge is 0.451 e. The van der Waals surface area contributed by atoms with Gasteiger partial charge in [0.1, 0.15) is 16.8 Å². The zero-order valence-corrected chi connectivity index (χ0v) is 19.7. The van der Waals surface area contributed by atoms with Crippen molar-refractivity contribution in [2.75, 3.05) is 44.2 Å². The Morgan fingerprint density at radius 3 is 2.92 bits per heavy atom. The summed E-state index contributed by atoms with van der Waals surface area (Å²) < 4.78 is 23.5. The van der Waals surface area contributed by atoms with Gasteiger partial charge in [-0.3, -0.25) is 14.6 Å². The lowest BCUT2D eigenvalue weighted by Crippen LogP contribution is -2.33. The molecular formula is C26H27FN6O3. The third-order valence-electron chi connectivity index (χ3n) is 6.96. The number of aromatic nitrogens is 1. The van der Waals surface area contributed by atoms with E-state index in [2.05, 4.69) is 15.2 Å². The predicted octanol–water partition coefficient (Wildman–Crippen LogP) is 2.24. The van der Waals surface area contributed by atoms with Crippen molar-refractivity contribution in [1.29, 1.82) is 0 Å². The number of anilines is 1. The number of nitrogens with one attached hydrogen (secondary N) is 1. The van der Waals surface area contributed by atoms with E-state index in [4.69, 9.17) is 10.5 Å². The van der Waals surface area contributed by atoms with Gasteiger partial charge in [-0.1, -0.05) is 12.1 Å². The SMILES string of the molecule is NC1CCN(c2c(F)cc3c(=O)c(C(=O)NCCCN4C=NCC4)cn4c3c2Oc2ccccc2-4)C1. The molecule has 4 heterocycles. The van der Waals surface area contributed by atoms with Gasteiger partial charge in [-0.2, -0.15) is 0 Å². The Hall–Kier alpha value is -3.92. The second-order valence-corrected chi connectivity index (χ2v) is 9.41. The molecule has 1 aromatic heterocycles. The topological polar surface area (TPSA) is 105 Å². The molecule has 36 heavy (non-hydrogen) atoms. The van der Waals surface area contributed by atoms with Crippen molar-refractivity contribution in [1.82, 2.24) is 14.8 Å². The van der Waals surface area contributed by atoms with Gasteiger partial charge in [-0.15, -0.1) is 0 Å². The molecule has 0 bridgehead atoms. The standard InChI is InChI=1S/C26H27FN6O3/c27-19-12-17-22-25(23(19)32-10-6-16(28)13-32)36-21-5-2-1-4-20(21)33(22)14-18(24(17)34)26(35)30-7-3-9-31-11-8-29-15-31/h1-2,4-5,12,14-16H,3,6-11,13,28H2,(H,30,35). The van der Waals surface area contributed by atoms with Gasteiger partial charge in [0.15, 0.2) is 17.3 Å². The molecular weight excluding hydrogens is 463 g/mol. The van der Waals surface area contributed by atoms with Crippen LogP contribution in [0.5, 0.6) is 11.5 Å². The van der Waals surface area contributed by atoms with Crippen LogP contribution < -0.4 is 26.1 Å². The number of nitrogens with zero attached hydrogens (tertiary/aromatic N) is 4. The molecule has 1 unspecified atom stereocenters. The molecule has 6 rings (SSSR count). The number of pyridine rings is 1. The molecule has 1 saturated heterocycles. The Balaban J connectivity index is 1.41. The first kappa shape index (κ1) is 22.5. The summed E-state index contributed by atoms with van der Waals surface area (Å²) in [5.41, 5.74) is 6.93. The van der Waals surface area contributed by atoms with E-state index in [1.54, 1.807) is 10.6 Å². The van der Waals surface area contributed by atoms with E-state index in [9.17, 15) is 9.59 Å². The van der Waals surface area contributed by atoms with Crippen LogP contribution in [-0.2, 0) is 0 Å². The number of fused-ring (bicyclic) bond motifs is 2. The summed E-state index contributed by atoms with van der Waals surface area (Å²) in [6, 6.07) is 8.46. The average molecular weight is 491 g/mol. The van der Waals surface area contributed by atoms with Crippen molar-refractivity contribution >= 4 is 28.8 Å². The van der Waals surface area contributed by atoms with Gasteiger partial charge in [0, 0.05) is 45.0 Å². The van der Waals surface area contributed by atoms with Gasteiger partial charge >= 0.3 is 0 Å². The molecule has 3 aliphatic heterocycles. The molecule has 9 nitrogen and oxygen atoms in total. The van der Waals surface area contributed by atoms with Gasteiger partial charge < -0.3 is 30.2 Å². The number of aliphatic imine (C=N–C) groups is 1. The molecule has 0 saturated carbocycles. The Morgan fingerprint density at radius 1 is 1.28 bits per heavy atom. The van der Waals surface area contributed by atoms with Crippen LogP contribution in [0.3, 0.4) is 0 Å². The third-order valence-corrected chi connectivity index (χ3v) is 6.96. The van der Waals surface area contributed by atoms with E-state index in [1.807, 2.05) is 29.4 Å². The first-order valence-electron chi connectivity index (χ1n) is 12.2. The maximum Gasteiger partial charge on any atom is 0.256 e. The first-order valence-corrected chi connectivity index (χ1v) is 12.2. The number of carbonyl (C=O) groups excluding carboxylic acids is 1. The molecule has 1 amide bonds. The molecule has 1 atom stereocenters. The minimum absolute atomic E-state index is 0.0387. The number of halogens is 1. The monoisotopic (exact) mass is 490 g/mol. The summed E-state index contributed by atoms with van der Waals surface area (Å²) >= 11 is 0. The summed E-state index contributed by atoms with van der Waals surface area (Å²) in [5.74, 6) is -0.265. The second kappa shape index (κ2) is 8.94. The van der Waals surface area contributed by atoms with Crippen LogP contribution in [0.1, 0.15) is 23.2 Å². The molecule has 3 N–H and O–H groups in total. The average Bonchev–Trinajstić information content (AvgIpc) is 3.55. The highest BCUT2D eigenvalue weighted by Crippen LogP contribution is 2.46. The van der Waals surface area contributed by atoms with E-state index in [1.165, 1.54) is 12.3 Å². The number of carbonyl (C=O) groups is 1. The van der Waals surface area contributed by atoms with Crippen molar-refractivity contribution in [3.63, 3.8) is 0 Å². The van der Waals surface area contributed by atoms with Crippen molar-refractivity contribution in [2.45, 2.75) is 18.9 Å². The second-order valence-electron chi connectivity index (χ2n) is 9.41. The molecule has 10 heteroatoms. The number of hydrogen-bond acceptors (Lipinski definition) is 7. The maximum atomic E-state index is 15.6. The lowest BCUT2D eigenvalue weighted by atomic mass is 10.1. The lowest BCUT2D eigenvalue weighted by Gasteiger charge is -2.29. The molecule has 0 radical (unpaired) electrons. The number of nitrogens with two attached hydrogens (primary N) is 1. The number of benzene rings is 2. The van der Waals surface area contributed by atoms with Crippen LogP contribution in [0.2, 0.25) is 0 Å². The Labute approximate surface area is 207 Å². The van der Waals surface area contributed by atoms with E-state index in [0.717, 1.165) is 32.5 Å². The van der Waals surface area contributed by atoms with Crippen molar-refractivity contribution in [3.8, 4) is 17.2 Å². The molecule has 0 spiro atoms. The highest BCUT2D eigenvalue weighted by Gasteiger charge is 2.32.